The van der Waals surface area contributed by atoms with E-state index in [0.717, 1.165) is 15.7 Å². The van der Waals surface area contributed by atoms with E-state index in [1.165, 1.54) is 6.33 Å². The summed E-state index contributed by atoms with van der Waals surface area (Å²) < 4.78 is 0.789. The van der Waals surface area contributed by atoms with Gasteiger partial charge < -0.3 is 10.7 Å². The van der Waals surface area contributed by atoms with E-state index in [2.05, 4.69) is 42.7 Å². The van der Waals surface area contributed by atoms with Crippen molar-refractivity contribution in [1.82, 2.24) is 9.97 Å². The summed E-state index contributed by atoms with van der Waals surface area (Å²) in [5.41, 5.74) is 4.89. The van der Waals surface area contributed by atoms with Crippen molar-refractivity contribution in [3.8, 4) is 6.07 Å². The highest BCUT2D eigenvalue weighted by atomic mass is 79.9. The molecule has 0 amide bonds. The number of hydrazine groups is 1. The fourth-order valence-corrected chi connectivity index (χ4v) is 2.45. The van der Waals surface area contributed by atoms with Gasteiger partial charge in [-0.1, -0.05) is 13.8 Å². The third kappa shape index (κ3) is 3.29. The number of nitrogens with one attached hydrogen (secondary N) is 2. The second kappa shape index (κ2) is 6.52. The first-order valence-corrected chi connectivity index (χ1v) is 7.14. The minimum Gasteiger partial charge on any atom is -0.339 e. The molecule has 108 valence electrons. The number of nitrogen functional groups attached to an aromatic ring is 1. The van der Waals surface area contributed by atoms with Crippen molar-refractivity contribution < 1.29 is 0 Å². The fourth-order valence-electron chi connectivity index (χ4n) is 1.97. The number of nitrogens with two attached hydrogens (primary N) is 1. The molecule has 1 aromatic heterocycles. The molecule has 2 rings (SSSR count). The van der Waals surface area contributed by atoms with Crippen molar-refractivity contribution in [3.05, 3.63) is 40.1 Å². The molecule has 0 bridgehead atoms. The van der Waals surface area contributed by atoms with Crippen molar-refractivity contribution in [2.75, 3.05) is 10.7 Å². The Balaban J connectivity index is 2.43. The molecule has 6 nitrogen and oxygen atoms in total. The Hall–Kier alpha value is -2.17. The molecule has 0 fully saturated rings. The molecule has 1 heterocycles. The van der Waals surface area contributed by atoms with E-state index in [-0.39, 0.29) is 5.92 Å². The number of benzene rings is 1. The lowest BCUT2D eigenvalue weighted by atomic mass is 10.0. The van der Waals surface area contributed by atoms with Crippen molar-refractivity contribution in [2.45, 2.75) is 19.8 Å². The van der Waals surface area contributed by atoms with Gasteiger partial charge in [0.1, 0.15) is 18.0 Å². The summed E-state index contributed by atoms with van der Waals surface area (Å²) >= 11 is 3.45. The predicted molar refractivity (Wildman–Crippen MR) is 86.1 cm³/mol. The first-order chi connectivity index (χ1) is 10.1. The van der Waals surface area contributed by atoms with Crippen LogP contribution in [0.25, 0.3) is 0 Å². The van der Waals surface area contributed by atoms with E-state index in [1.807, 2.05) is 19.9 Å². The molecule has 0 atom stereocenters. The summed E-state index contributed by atoms with van der Waals surface area (Å²) in [7, 11) is 0. The molecule has 7 heteroatoms. The SMILES string of the molecule is CC(C)c1c(NN)ncnc1Nc1ccc(C#N)cc1Br. The molecule has 0 aliphatic carbocycles. The molecule has 4 N–H and O–H groups in total. The predicted octanol–water partition coefficient (Wildman–Crippen LogP) is 3.26. The summed E-state index contributed by atoms with van der Waals surface area (Å²) in [6.07, 6.45) is 1.45. The molecular formula is C14H15BrN6. The average molecular weight is 347 g/mol. The van der Waals surface area contributed by atoms with Gasteiger partial charge in [-0.15, -0.1) is 0 Å². The van der Waals surface area contributed by atoms with E-state index < -0.39 is 0 Å². The quantitative estimate of drug-likeness (QED) is 0.580. The molecule has 0 unspecified atom stereocenters. The van der Waals surface area contributed by atoms with Crippen LogP contribution in [-0.4, -0.2) is 9.97 Å². The summed E-state index contributed by atoms with van der Waals surface area (Å²) in [5, 5.41) is 12.1. The Labute approximate surface area is 131 Å². The monoisotopic (exact) mass is 346 g/mol. The van der Waals surface area contributed by atoms with Crippen LogP contribution in [0.3, 0.4) is 0 Å². The Morgan fingerprint density at radius 2 is 2.00 bits per heavy atom. The minimum atomic E-state index is 0.192. The van der Waals surface area contributed by atoms with Gasteiger partial charge in [-0.25, -0.2) is 15.8 Å². The maximum absolute atomic E-state index is 8.89. The zero-order valence-corrected chi connectivity index (χ0v) is 13.3. The summed E-state index contributed by atoms with van der Waals surface area (Å²) in [6, 6.07) is 7.41. The number of aromatic nitrogens is 2. The third-order valence-corrected chi connectivity index (χ3v) is 3.61. The van der Waals surface area contributed by atoms with Crippen LogP contribution in [0.4, 0.5) is 17.3 Å². The van der Waals surface area contributed by atoms with Crippen LogP contribution in [0.15, 0.2) is 29.0 Å². The first kappa shape index (κ1) is 15.2. The van der Waals surface area contributed by atoms with E-state index >= 15 is 0 Å². The number of hydrogen-bond acceptors (Lipinski definition) is 6. The molecular weight excluding hydrogens is 332 g/mol. The molecule has 0 aliphatic rings. The van der Waals surface area contributed by atoms with Gasteiger partial charge in [-0.3, -0.25) is 0 Å². The highest BCUT2D eigenvalue weighted by Gasteiger charge is 2.15. The van der Waals surface area contributed by atoms with Crippen LogP contribution >= 0.6 is 15.9 Å². The van der Waals surface area contributed by atoms with Crippen LogP contribution in [0.2, 0.25) is 0 Å². The molecule has 21 heavy (non-hydrogen) atoms. The number of nitrogens with zero attached hydrogens (tertiary/aromatic N) is 3. The number of nitriles is 1. The van der Waals surface area contributed by atoms with Gasteiger partial charge in [0.15, 0.2) is 0 Å². The fraction of sp³-hybridized carbons (Fsp3) is 0.214. The third-order valence-electron chi connectivity index (χ3n) is 2.95. The topological polar surface area (TPSA) is 99.7 Å². The van der Waals surface area contributed by atoms with Gasteiger partial charge in [0.25, 0.3) is 0 Å². The summed E-state index contributed by atoms with van der Waals surface area (Å²) in [6.45, 7) is 4.08. The average Bonchev–Trinajstić information content (AvgIpc) is 2.48. The Morgan fingerprint density at radius 1 is 1.29 bits per heavy atom. The Bertz CT molecular complexity index is 692. The second-order valence-corrected chi connectivity index (χ2v) is 5.57. The van der Waals surface area contributed by atoms with E-state index in [4.69, 9.17) is 11.1 Å². The molecule has 0 radical (unpaired) electrons. The maximum Gasteiger partial charge on any atom is 0.148 e. The highest BCUT2D eigenvalue weighted by molar-refractivity contribution is 9.10. The van der Waals surface area contributed by atoms with Crippen LogP contribution < -0.4 is 16.6 Å². The normalized spacial score (nSPS) is 10.3. The van der Waals surface area contributed by atoms with Gasteiger partial charge in [0.05, 0.1) is 17.3 Å². The Morgan fingerprint density at radius 3 is 2.57 bits per heavy atom. The van der Waals surface area contributed by atoms with Crippen LogP contribution in [0, 0.1) is 11.3 Å². The lowest BCUT2D eigenvalue weighted by molar-refractivity contribution is 0.850. The molecule has 0 saturated heterocycles. The van der Waals surface area contributed by atoms with E-state index in [0.29, 0.717) is 17.2 Å². The van der Waals surface area contributed by atoms with Gasteiger partial charge in [0.2, 0.25) is 0 Å². The van der Waals surface area contributed by atoms with Gasteiger partial charge in [-0.05, 0) is 40.0 Å². The number of halogens is 1. The molecule has 1 aromatic carbocycles. The van der Waals surface area contributed by atoms with Crippen molar-refractivity contribution in [3.63, 3.8) is 0 Å². The zero-order chi connectivity index (χ0) is 15.4. The largest absolute Gasteiger partial charge is 0.339 e. The molecule has 0 spiro atoms. The Kier molecular flexibility index (Phi) is 4.73. The van der Waals surface area contributed by atoms with Crippen molar-refractivity contribution >= 4 is 33.3 Å². The lowest BCUT2D eigenvalue weighted by Crippen LogP contribution is -2.14. The van der Waals surface area contributed by atoms with Gasteiger partial charge in [-0.2, -0.15) is 5.26 Å². The summed E-state index contributed by atoms with van der Waals surface area (Å²) in [4.78, 5) is 8.41. The van der Waals surface area contributed by atoms with Gasteiger partial charge >= 0.3 is 0 Å². The van der Waals surface area contributed by atoms with Crippen LogP contribution in [0.5, 0.6) is 0 Å². The smallest absolute Gasteiger partial charge is 0.148 e. The molecule has 0 aliphatic heterocycles. The van der Waals surface area contributed by atoms with Crippen LogP contribution in [-0.2, 0) is 0 Å². The molecule has 0 saturated carbocycles. The van der Waals surface area contributed by atoms with E-state index in [1.54, 1.807) is 12.1 Å². The van der Waals surface area contributed by atoms with Crippen LogP contribution in [0.1, 0.15) is 30.9 Å². The molecule has 2 aromatic rings. The number of anilines is 3. The standard InChI is InChI=1S/C14H15BrN6/c1-8(2)12-13(18-7-19-14(12)21-17)20-11-4-3-9(6-16)5-10(11)15/h3-5,7-8H,17H2,1-2H3,(H2,18,19,20,21). The number of hydrogen-bond donors (Lipinski definition) is 3. The summed E-state index contributed by atoms with van der Waals surface area (Å²) in [5.74, 6) is 6.97. The maximum atomic E-state index is 8.89. The van der Waals surface area contributed by atoms with Crippen molar-refractivity contribution in [1.29, 1.82) is 5.26 Å². The lowest BCUT2D eigenvalue weighted by Gasteiger charge is -2.17. The van der Waals surface area contributed by atoms with Crippen molar-refractivity contribution in [2.24, 2.45) is 5.84 Å². The highest BCUT2D eigenvalue weighted by Crippen LogP contribution is 2.32. The minimum absolute atomic E-state index is 0.192. The second-order valence-electron chi connectivity index (χ2n) is 4.72. The first-order valence-electron chi connectivity index (χ1n) is 6.35. The number of rotatable bonds is 4. The van der Waals surface area contributed by atoms with Gasteiger partial charge in [0, 0.05) is 10.0 Å². The van der Waals surface area contributed by atoms with E-state index in [9.17, 15) is 0 Å². The zero-order valence-electron chi connectivity index (χ0n) is 11.7.